The van der Waals surface area contributed by atoms with E-state index in [0.29, 0.717) is 6.04 Å². The fourth-order valence-corrected chi connectivity index (χ4v) is 3.13. The van der Waals surface area contributed by atoms with Gasteiger partial charge in [0.1, 0.15) is 0 Å². The van der Waals surface area contributed by atoms with E-state index >= 15 is 0 Å². The SMILES string of the molecule is CC(NCC1CCCCC1)c1ccsc1. The summed E-state index contributed by atoms with van der Waals surface area (Å²) < 4.78 is 0. The molecule has 0 amide bonds. The molecule has 1 nitrogen and oxygen atoms in total. The molecule has 1 fully saturated rings. The van der Waals surface area contributed by atoms with E-state index in [4.69, 9.17) is 0 Å². The van der Waals surface area contributed by atoms with E-state index in [1.165, 1.54) is 44.2 Å². The van der Waals surface area contributed by atoms with Crippen molar-refractivity contribution in [2.24, 2.45) is 5.92 Å². The summed E-state index contributed by atoms with van der Waals surface area (Å²) in [6.45, 7) is 3.47. The van der Waals surface area contributed by atoms with Crippen molar-refractivity contribution in [3.8, 4) is 0 Å². The summed E-state index contributed by atoms with van der Waals surface area (Å²) in [5, 5.41) is 8.07. The van der Waals surface area contributed by atoms with Gasteiger partial charge in [-0.3, -0.25) is 0 Å². The van der Waals surface area contributed by atoms with Crippen LogP contribution in [0.1, 0.15) is 50.6 Å². The zero-order chi connectivity index (χ0) is 10.5. The van der Waals surface area contributed by atoms with E-state index in [-0.39, 0.29) is 0 Å². The Morgan fingerprint density at radius 1 is 1.40 bits per heavy atom. The lowest BCUT2D eigenvalue weighted by Crippen LogP contribution is -2.26. The number of hydrogen-bond donors (Lipinski definition) is 1. The highest BCUT2D eigenvalue weighted by molar-refractivity contribution is 7.07. The lowest BCUT2D eigenvalue weighted by Gasteiger charge is -2.23. The van der Waals surface area contributed by atoms with Crippen LogP contribution < -0.4 is 5.32 Å². The summed E-state index contributed by atoms with van der Waals surface area (Å²) in [6, 6.07) is 2.75. The van der Waals surface area contributed by atoms with Gasteiger partial charge in [-0.25, -0.2) is 0 Å². The maximum Gasteiger partial charge on any atom is 0.0300 e. The zero-order valence-corrected chi connectivity index (χ0v) is 10.4. The molecule has 1 atom stereocenters. The molecule has 1 saturated carbocycles. The van der Waals surface area contributed by atoms with Gasteiger partial charge in [0.05, 0.1) is 0 Å². The Morgan fingerprint density at radius 3 is 2.87 bits per heavy atom. The van der Waals surface area contributed by atoms with Crippen molar-refractivity contribution in [3.05, 3.63) is 22.4 Å². The molecule has 84 valence electrons. The monoisotopic (exact) mass is 223 g/mol. The van der Waals surface area contributed by atoms with E-state index in [9.17, 15) is 0 Å². The molecule has 1 heterocycles. The number of rotatable bonds is 4. The summed E-state index contributed by atoms with van der Waals surface area (Å²) in [7, 11) is 0. The molecule has 0 bridgehead atoms. The van der Waals surface area contributed by atoms with Crippen molar-refractivity contribution >= 4 is 11.3 Å². The zero-order valence-electron chi connectivity index (χ0n) is 9.54. The van der Waals surface area contributed by atoms with Crippen LogP contribution in [0.3, 0.4) is 0 Å². The van der Waals surface area contributed by atoms with Gasteiger partial charge in [0.15, 0.2) is 0 Å². The van der Waals surface area contributed by atoms with Gasteiger partial charge in [0, 0.05) is 6.04 Å². The van der Waals surface area contributed by atoms with Crippen molar-refractivity contribution in [3.63, 3.8) is 0 Å². The van der Waals surface area contributed by atoms with Gasteiger partial charge in [0.2, 0.25) is 0 Å². The van der Waals surface area contributed by atoms with E-state index in [0.717, 1.165) is 5.92 Å². The Balaban J connectivity index is 1.73. The average molecular weight is 223 g/mol. The molecule has 15 heavy (non-hydrogen) atoms. The Labute approximate surface area is 96.9 Å². The van der Waals surface area contributed by atoms with Crippen LogP contribution in [0.4, 0.5) is 0 Å². The molecular weight excluding hydrogens is 202 g/mol. The number of hydrogen-bond acceptors (Lipinski definition) is 2. The second-order valence-corrected chi connectivity index (χ2v) is 5.47. The number of thiophene rings is 1. The third-order valence-corrected chi connectivity index (χ3v) is 4.18. The third kappa shape index (κ3) is 3.32. The second kappa shape index (κ2) is 5.66. The minimum atomic E-state index is 0.526. The Kier molecular flexibility index (Phi) is 4.21. The van der Waals surface area contributed by atoms with Crippen LogP contribution >= 0.6 is 11.3 Å². The Hall–Kier alpha value is -0.340. The lowest BCUT2D eigenvalue weighted by atomic mass is 9.89. The molecule has 0 aromatic carbocycles. The van der Waals surface area contributed by atoms with Crippen molar-refractivity contribution < 1.29 is 0 Å². The molecule has 1 unspecified atom stereocenters. The van der Waals surface area contributed by atoms with Crippen LogP contribution in [-0.2, 0) is 0 Å². The average Bonchev–Trinajstić information content (AvgIpc) is 2.81. The topological polar surface area (TPSA) is 12.0 Å². The molecule has 1 aliphatic rings. The molecule has 1 aromatic heterocycles. The van der Waals surface area contributed by atoms with Gasteiger partial charge in [-0.2, -0.15) is 11.3 Å². The van der Waals surface area contributed by atoms with E-state index in [1.807, 2.05) is 0 Å². The summed E-state index contributed by atoms with van der Waals surface area (Å²) >= 11 is 1.79. The normalized spacial score (nSPS) is 20.3. The number of nitrogens with one attached hydrogen (secondary N) is 1. The first-order valence-corrected chi connectivity index (χ1v) is 7.06. The molecule has 2 rings (SSSR count). The lowest BCUT2D eigenvalue weighted by molar-refractivity contribution is 0.332. The van der Waals surface area contributed by atoms with Gasteiger partial charge in [-0.1, -0.05) is 19.3 Å². The molecule has 0 spiro atoms. The highest BCUT2D eigenvalue weighted by atomic mass is 32.1. The van der Waals surface area contributed by atoms with Crippen molar-refractivity contribution in [1.82, 2.24) is 5.32 Å². The molecule has 1 N–H and O–H groups in total. The smallest absolute Gasteiger partial charge is 0.0300 e. The molecular formula is C13H21NS. The quantitative estimate of drug-likeness (QED) is 0.814. The predicted molar refractivity (Wildman–Crippen MR) is 67.3 cm³/mol. The van der Waals surface area contributed by atoms with Gasteiger partial charge >= 0.3 is 0 Å². The maximum absolute atomic E-state index is 3.66. The first-order valence-electron chi connectivity index (χ1n) is 6.12. The molecule has 0 aliphatic heterocycles. The highest BCUT2D eigenvalue weighted by Gasteiger charge is 2.14. The molecule has 0 saturated heterocycles. The van der Waals surface area contributed by atoms with Gasteiger partial charge in [-0.15, -0.1) is 0 Å². The minimum absolute atomic E-state index is 0.526. The standard InChI is InChI=1S/C13H21NS/c1-11(13-7-8-15-10-13)14-9-12-5-3-2-4-6-12/h7-8,10-12,14H,2-6,9H2,1H3. The van der Waals surface area contributed by atoms with Crippen LogP contribution in [0.2, 0.25) is 0 Å². The third-order valence-electron chi connectivity index (χ3n) is 3.48. The first kappa shape index (κ1) is 11.2. The molecule has 1 aliphatic carbocycles. The van der Waals surface area contributed by atoms with Crippen LogP contribution in [0.5, 0.6) is 0 Å². The fourth-order valence-electron chi connectivity index (χ4n) is 2.37. The van der Waals surface area contributed by atoms with Crippen LogP contribution in [-0.4, -0.2) is 6.54 Å². The summed E-state index contributed by atoms with van der Waals surface area (Å²) in [5.41, 5.74) is 1.44. The highest BCUT2D eigenvalue weighted by Crippen LogP contribution is 2.24. The second-order valence-electron chi connectivity index (χ2n) is 4.69. The minimum Gasteiger partial charge on any atom is -0.310 e. The molecule has 1 aromatic rings. The van der Waals surface area contributed by atoms with E-state index in [2.05, 4.69) is 29.1 Å². The first-order chi connectivity index (χ1) is 7.36. The van der Waals surface area contributed by atoms with Crippen molar-refractivity contribution in [2.45, 2.75) is 45.1 Å². The molecule has 0 radical (unpaired) electrons. The summed E-state index contributed by atoms with van der Waals surface area (Å²) in [6.07, 6.45) is 7.21. The van der Waals surface area contributed by atoms with Crippen LogP contribution in [0, 0.1) is 5.92 Å². The predicted octanol–water partition coefficient (Wildman–Crippen LogP) is 3.98. The Bertz CT molecular complexity index is 262. The van der Waals surface area contributed by atoms with Gasteiger partial charge < -0.3 is 5.32 Å². The van der Waals surface area contributed by atoms with Gasteiger partial charge in [0.25, 0.3) is 0 Å². The van der Waals surface area contributed by atoms with Crippen LogP contribution in [0.25, 0.3) is 0 Å². The van der Waals surface area contributed by atoms with Crippen molar-refractivity contribution in [1.29, 1.82) is 0 Å². The van der Waals surface area contributed by atoms with E-state index < -0.39 is 0 Å². The fraction of sp³-hybridized carbons (Fsp3) is 0.692. The molecule has 2 heteroatoms. The van der Waals surface area contributed by atoms with Gasteiger partial charge in [-0.05, 0) is 54.6 Å². The largest absolute Gasteiger partial charge is 0.310 e. The Morgan fingerprint density at radius 2 is 2.20 bits per heavy atom. The maximum atomic E-state index is 3.66. The van der Waals surface area contributed by atoms with E-state index in [1.54, 1.807) is 11.3 Å². The summed E-state index contributed by atoms with van der Waals surface area (Å²) in [4.78, 5) is 0. The van der Waals surface area contributed by atoms with Crippen LogP contribution in [0.15, 0.2) is 16.8 Å². The summed E-state index contributed by atoms with van der Waals surface area (Å²) in [5.74, 6) is 0.930. The van der Waals surface area contributed by atoms with Crippen molar-refractivity contribution in [2.75, 3.05) is 6.54 Å².